The molecule has 32 heavy (non-hydrogen) atoms. The van der Waals surface area contributed by atoms with Crippen LogP contribution in [0, 0.1) is 5.82 Å². The van der Waals surface area contributed by atoms with Crippen LogP contribution < -0.4 is 5.32 Å². The molecule has 4 nitrogen and oxygen atoms in total. The zero-order valence-corrected chi connectivity index (χ0v) is 18.0. The summed E-state index contributed by atoms with van der Waals surface area (Å²) >= 11 is 0. The first kappa shape index (κ1) is 21.4. The van der Waals surface area contributed by atoms with E-state index in [2.05, 4.69) is 29.4 Å². The number of carbonyl (C=O) groups excluding carboxylic acids is 1. The van der Waals surface area contributed by atoms with Gasteiger partial charge in [-0.05, 0) is 35.9 Å². The Kier molecular flexibility index (Phi) is 6.08. The Morgan fingerprint density at radius 2 is 1.56 bits per heavy atom. The first-order chi connectivity index (χ1) is 15.4. The van der Waals surface area contributed by atoms with Gasteiger partial charge in [-0.15, -0.1) is 10.2 Å². The van der Waals surface area contributed by atoms with Crippen LogP contribution in [0.5, 0.6) is 0 Å². The Balaban J connectivity index is 1.46. The lowest BCUT2D eigenvalue weighted by Crippen LogP contribution is -2.28. The number of rotatable bonds is 7. The predicted molar refractivity (Wildman–Crippen MR) is 125 cm³/mol. The molecule has 0 bridgehead atoms. The molecule has 0 unspecified atom stereocenters. The fraction of sp³-hybridized carbons (Fsp3) is 0.148. The van der Waals surface area contributed by atoms with Gasteiger partial charge in [0.2, 0.25) is 0 Å². The van der Waals surface area contributed by atoms with Crippen LogP contribution in [0.15, 0.2) is 91.0 Å². The quantitative estimate of drug-likeness (QED) is 0.374. The first-order valence-electron chi connectivity index (χ1n) is 10.5. The van der Waals surface area contributed by atoms with Crippen molar-refractivity contribution in [2.45, 2.75) is 19.3 Å². The molecular weight excluding hydrogens is 401 g/mol. The second-order valence-corrected chi connectivity index (χ2v) is 8.32. The Hall–Kier alpha value is -3.86. The maximum absolute atomic E-state index is 13.2. The van der Waals surface area contributed by atoms with Crippen LogP contribution in [0.25, 0.3) is 11.3 Å². The summed E-state index contributed by atoms with van der Waals surface area (Å²) < 4.78 is 13.2. The van der Waals surface area contributed by atoms with Gasteiger partial charge in [0, 0.05) is 28.7 Å². The van der Waals surface area contributed by atoms with Crippen LogP contribution in [0.2, 0.25) is 0 Å². The number of aromatic nitrogens is 2. The van der Waals surface area contributed by atoms with Gasteiger partial charge in [-0.25, -0.2) is 4.39 Å². The first-order valence-corrected chi connectivity index (χ1v) is 10.5. The molecule has 0 aliphatic heterocycles. The topological polar surface area (TPSA) is 54.9 Å². The number of hydrogen-bond donors (Lipinski definition) is 1. The van der Waals surface area contributed by atoms with E-state index in [0.29, 0.717) is 29.2 Å². The number of benzene rings is 3. The summed E-state index contributed by atoms with van der Waals surface area (Å²) in [6.07, 6.45) is 0. The third-order valence-electron chi connectivity index (χ3n) is 5.46. The van der Waals surface area contributed by atoms with Gasteiger partial charge in [0.1, 0.15) is 11.6 Å². The van der Waals surface area contributed by atoms with Crippen molar-refractivity contribution in [3.05, 3.63) is 114 Å². The number of anilines is 1. The zero-order valence-electron chi connectivity index (χ0n) is 18.0. The van der Waals surface area contributed by atoms with Crippen LogP contribution >= 0.6 is 0 Å². The lowest BCUT2D eigenvalue weighted by Gasteiger charge is -2.25. The monoisotopic (exact) mass is 425 g/mol. The SMILES string of the molecule is CC(C)(CNc1ccc(-c2cccc(C(=O)c3ccccc3)c2)nn1)c1ccc(F)cc1. The van der Waals surface area contributed by atoms with E-state index >= 15 is 0 Å². The highest BCUT2D eigenvalue weighted by Crippen LogP contribution is 2.24. The minimum atomic E-state index is -0.242. The van der Waals surface area contributed by atoms with E-state index in [1.807, 2.05) is 60.7 Å². The van der Waals surface area contributed by atoms with Crippen molar-refractivity contribution in [2.75, 3.05) is 11.9 Å². The zero-order chi connectivity index (χ0) is 22.6. The Labute approximate surface area is 187 Å². The molecular formula is C27H24FN3O. The Morgan fingerprint density at radius 1 is 0.844 bits per heavy atom. The van der Waals surface area contributed by atoms with E-state index in [1.165, 1.54) is 12.1 Å². The normalized spacial score (nSPS) is 11.2. The van der Waals surface area contributed by atoms with Crippen molar-refractivity contribution in [1.82, 2.24) is 10.2 Å². The van der Waals surface area contributed by atoms with Gasteiger partial charge in [0.15, 0.2) is 5.78 Å². The molecule has 5 heteroatoms. The molecule has 0 fully saturated rings. The van der Waals surface area contributed by atoms with E-state index in [-0.39, 0.29) is 17.0 Å². The molecule has 0 radical (unpaired) electrons. The van der Waals surface area contributed by atoms with Crippen LogP contribution in [0.1, 0.15) is 35.3 Å². The third-order valence-corrected chi connectivity index (χ3v) is 5.46. The van der Waals surface area contributed by atoms with Crippen molar-refractivity contribution in [3.8, 4) is 11.3 Å². The molecule has 160 valence electrons. The highest BCUT2D eigenvalue weighted by atomic mass is 19.1. The predicted octanol–water partition coefficient (Wildman–Crippen LogP) is 5.90. The van der Waals surface area contributed by atoms with Gasteiger partial charge in [-0.1, -0.05) is 74.5 Å². The molecule has 3 aromatic carbocycles. The highest BCUT2D eigenvalue weighted by Gasteiger charge is 2.20. The van der Waals surface area contributed by atoms with Gasteiger partial charge in [-0.2, -0.15) is 0 Å². The Morgan fingerprint density at radius 3 is 2.25 bits per heavy atom. The molecule has 1 N–H and O–H groups in total. The summed E-state index contributed by atoms with van der Waals surface area (Å²) in [5.74, 6) is 0.385. The molecule has 0 atom stereocenters. The highest BCUT2D eigenvalue weighted by molar-refractivity contribution is 6.09. The van der Waals surface area contributed by atoms with Gasteiger partial charge >= 0.3 is 0 Å². The molecule has 0 aliphatic carbocycles. The second kappa shape index (κ2) is 9.10. The molecule has 4 rings (SSSR count). The van der Waals surface area contributed by atoms with Crippen molar-refractivity contribution < 1.29 is 9.18 Å². The Bertz CT molecular complexity index is 1200. The molecule has 0 aliphatic rings. The van der Waals surface area contributed by atoms with E-state index in [9.17, 15) is 9.18 Å². The number of carbonyl (C=O) groups is 1. The molecule has 0 amide bonds. The van der Waals surface area contributed by atoms with Crippen LogP contribution in [0.3, 0.4) is 0 Å². The number of hydrogen-bond acceptors (Lipinski definition) is 4. The van der Waals surface area contributed by atoms with Crippen molar-refractivity contribution in [1.29, 1.82) is 0 Å². The maximum atomic E-state index is 13.2. The summed E-state index contributed by atoms with van der Waals surface area (Å²) in [4.78, 5) is 12.7. The summed E-state index contributed by atoms with van der Waals surface area (Å²) in [5, 5.41) is 11.9. The van der Waals surface area contributed by atoms with Crippen molar-refractivity contribution in [2.24, 2.45) is 0 Å². The van der Waals surface area contributed by atoms with Gasteiger partial charge < -0.3 is 5.32 Å². The van der Waals surface area contributed by atoms with Crippen molar-refractivity contribution >= 4 is 11.6 Å². The minimum absolute atomic E-state index is 0.0262. The second-order valence-electron chi connectivity index (χ2n) is 8.32. The van der Waals surface area contributed by atoms with Crippen molar-refractivity contribution in [3.63, 3.8) is 0 Å². The molecule has 4 aromatic rings. The lowest BCUT2D eigenvalue weighted by molar-refractivity contribution is 0.103. The molecule has 0 saturated carbocycles. The molecule has 0 saturated heterocycles. The maximum Gasteiger partial charge on any atom is 0.193 e. The number of halogens is 1. The number of nitrogens with one attached hydrogen (secondary N) is 1. The largest absolute Gasteiger partial charge is 0.368 e. The molecule has 1 heterocycles. The standard InChI is InChI=1S/C27H24FN3O/c1-27(2,22-11-13-23(28)14-12-22)18-29-25-16-15-24(30-31-25)20-9-6-10-21(17-20)26(32)19-7-4-3-5-8-19/h3-17H,18H2,1-2H3,(H,29,31). The van der Waals surface area contributed by atoms with E-state index < -0.39 is 0 Å². The summed E-state index contributed by atoms with van der Waals surface area (Å²) in [6, 6.07) is 26.9. The van der Waals surface area contributed by atoms with Gasteiger partial charge in [0.05, 0.1) is 5.69 Å². The summed E-state index contributed by atoms with van der Waals surface area (Å²) in [5.41, 5.74) is 3.61. The summed E-state index contributed by atoms with van der Waals surface area (Å²) in [7, 11) is 0. The fourth-order valence-corrected chi connectivity index (χ4v) is 3.47. The summed E-state index contributed by atoms with van der Waals surface area (Å²) in [6.45, 7) is 4.79. The van der Waals surface area contributed by atoms with E-state index in [0.717, 1.165) is 11.1 Å². The number of ketones is 1. The van der Waals surface area contributed by atoms with Crippen LogP contribution in [-0.2, 0) is 5.41 Å². The average molecular weight is 426 g/mol. The van der Waals surface area contributed by atoms with Gasteiger partial charge in [0.25, 0.3) is 0 Å². The van der Waals surface area contributed by atoms with E-state index in [1.54, 1.807) is 18.2 Å². The van der Waals surface area contributed by atoms with Crippen LogP contribution in [-0.4, -0.2) is 22.5 Å². The average Bonchev–Trinajstić information content (AvgIpc) is 2.83. The fourth-order valence-electron chi connectivity index (χ4n) is 3.47. The smallest absolute Gasteiger partial charge is 0.193 e. The van der Waals surface area contributed by atoms with E-state index in [4.69, 9.17) is 0 Å². The molecule has 1 aromatic heterocycles. The number of nitrogens with zero attached hydrogens (tertiary/aromatic N) is 2. The van der Waals surface area contributed by atoms with Gasteiger partial charge in [-0.3, -0.25) is 4.79 Å². The minimum Gasteiger partial charge on any atom is -0.368 e. The lowest BCUT2D eigenvalue weighted by atomic mass is 9.84. The third kappa shape index (κ3) is 4.89. The van der Waals surface area contributed by atoms with Crippen LogP contribution in [0.4, 0.5) is 10.2 Å². The molecule has 0 spiro atoms.